The van der Waals surface area contributed by atoms with Gasteiger partial charge in [-0.3, -0.25) is 0 Å². The van der Waals surface area contributed by atoms with E-state index in [0.717, 1.165) is 0 Å². The minimum atomic E-state index is -3.62. The molecule has 2 N–H and O–H groups in total. The average molecular weight is 311 g/mol. The van der Waals surface area contributed by atoms with Gasteiger partial charge in [0.05, 0.1) is 5.02 Å². The smallest absolute Gasteiger partial charge is 0.242 e. The van der Waals surface area contributed by atoms with Crippen LogP contribution in [-0.2, 0) is 10.0 Å². The fourth-order valence-electron chi connectivity index (χ4n) is 1.31. The molecule has 0 bridgehead atoms. The lowest BCUT2D eigenvalue weighted by atomic mass is 10.4. The highest BCUT2D eigenvalue weighted by atomic mass is 35.5. The maximum Gasteiger partial charge on any atom is 0.242 e. The topological polar surface area (TPSA) is 58.2 Å². The Hall–Kier alpha value is -0.330. The lowest BCUT2D eigenvalue weighted by molar-refractivity contribution is 0.559. The zero-order chi connectivity index (χ0) is 13.8. The highest BCUT2D eigenvalue weighted by Crippen LogP contribution is 2.24. The van der Waals surface area contributed by atoms with Crippen LogP contribution >= 0.6 is 23.2 Å². The standard InChI is InChI=1S/C11H16Cl2N2O2S/c1-8(2)14-5-6-15-18(16,17)11-7-9(12)3-4-10(11)13/h3-4,7-8,14-15H,5-6H2,1-2H3. The fraction of sp³-hybridized carbons (Fsp3) is 0.455. The van der Waals surface area contributed by atoms with E-state index in [1.54, 1.807) is 6.07 Å². The molecule has 1 rings (SSSR count). The molecule has 0 aliphatic heterocycles. The number of nitrogens with one attached hydrogen (secondary N) is 2. The number of halogens is 2. The first-order valence-corrected chi connectivity index (χ1v) is 7.75. The zero-order valence-corrected chi connectivity index (χ0v) is 12.5. The number of rotatable bonds is 6. The monoisotopic (exact) mass is 310 g/mol. The van der Waals surface area contributed by atoms with Gasteiger partial charge in [0, 0.05) is 24.2 Å². The van der Waals surface area contributed by atoms with Gasteiger partial charge >= 0.3 is 0 Å². The van der Waals surface area contributed by atoms with E-state index in [1.165, 1.54) is 12.1 Å². The fourth-order valence-corrected chi connectivity index (χ4v) is 3.10. The molecule has 18 heavy (non-hydrogen) atoms. The van der Waals surface area contributed by atoms with E-state index < -0.39 is 10.0 Å². The van der Waals surface area contributed by atoms with Crippen LogP contribution in [0.15, 0.2) is 23.1 Å². The molecule has 0 saturated carbocycles. The average Bonchev–Trinajstić information content (AvgIpc) is 2.27. The molecule has 0 fully saturated rings. The second-order valence-electron chi connectivity index (χ2n) is 4.08. The van der Waals surface area contributed by atoms with Crippen LogP contribution in [0.3, 0.4) is 0 Å². The van der Waals surface area contributed by atoms with Gasteiger partial charge in [0.2, 0.25) is 10.0 Å². The lowest BCUT2D eigenvalue weighted by Crippen LogP contribution is -2.34. The summed E-state index contributed by atoms with van der Waals surface area (Å²) in [7, 11) is -3.62. The minimum Gasteiger partial charge on any atom is -0.313 e. The van der Waals surface area contributed by atoms with Crippen LogP contribution in [0.25, 0.3) is 0 Å². The van der Waals surface area contributed by atoms with E-state index in [2.05, 4.69) is 10.0 Å². The second-order valence-corrected chi connectivity index (χ2v) is 6.66. The Kier molecular flexibility index (Phi) is 5.88. The largest absolute Gasteiger partial charge is 0.313 e. The van der Waals surface area contributed by atoms with Crippen molar-refractivity contribution in [3.8, 4) is 0 Å². The third kappa shape index (κ3) is 4.74. The van der Waals surface area contributed by atoms with Gasteiger partial charge in [-0.25, -0.2) is 13.1 Å². The molecule has 0 heterocycles. The molecule has 4 nitrogen and oxygen atoms in total. The Morgan fingerprint density at radius 2 is 1.89 bits per heavy atom. The van der Waals surface area contributed by atoms with Crippen molar-refractivity contribution in [1.29, 1.82) is 0 Å². The first-order chi connectivity index (χ1) is 8.33. The highest BCUT2D eigenvalue weighted by Gasteiger charge is 2.17. The summed E-state index contributed by atoms with van der Waals surface area (Å²) < 4.78 is 26.4. The molecule has 0 saturated heterocycles. The van der Waals surface area contributed by atoms with Gasteiger partial charge in [-0.2, -0.15) is 0 Å². The first-order valence-electron chi connectivity index (χ1n) is 5.51. The van der Waals surface area contributed by atoms with Crippen molar-refractivity contribution in [1.82, 2.24) is 10.0 Å². The molecular weight excluding hydrogens is 295 g/mol. The van der Waals surface area contributed by atoms with Crippen LogP contribution in [-0.4, -0.2) is 27.5 Å². The SMILES string of the molecule is CC(C)NCCNS(=O)(=O)c1cc(Cl)ccc1Cl. The van der Waals surface area contributed by atoms with Crippen LogP contribution in [0.5, 0.6) is 0 Å². The minimum absolute atomic E-state index is 0.00112. The zero-order valence-electron chi connectivity index (χ0n) is 10.2. The quantitative estimate of drug-likeness (QED) is 0.792. The summed E-state index contributed by atoms with van der Waals surface area (Å²) in [6.07, 6.45) is 0. The molecule has 0 amide bonds. The lowest BCUT2D eigenvalue weighted by Gasteiger charge is -2.10. The Bertz CT molecular complexity index is 504. The van der Waals surface area contributed by atoms with Crippen LogP contribution in [0, 0.1) is 0 Å². The number of hydrogen-bond donors (Lipinski definition) is 2. The van der Waals surface area contributed by atoms with Gasteiger partial charge in [-0.15, -0.1) is 0 Å². The molecule has 0 aromatic heterocycles. The molecule has 0 aliphatic carbocycles. The van der Waals surface area contributed by atoms with E-state index in [9.17, 15) is 8.42 Å². The summed E-state index contributed by atoms with van der Waals surface area (Å²) in [4.78, 5) is 0.00112. The van der Waals surface area contributed by atoms with Gasteiger partial charge in [-0.05, 0) is 18.2 Å². The number of hydrogen-bond acceptors (Lipinski definition) is 3. The molecule has 0 atom stereocenters. The normalized spacial score (nSPS) is 12.1. The molecule has 0 aliphatic rings. The van der Waals surface area contributed by atoms with Gasteiger partial charge in [0.1, 0.15) is 4.90 Å². The van der Waals surface area contributed by atoms with Crippen molar-refractivity contribution >= 4 is 33.2 Å². The van der Waals surface area contributed by atoms with Gasteiger partial charge < -0.3 is 5.32 Å². The van der Waals surface area contributed by atoms with Crippen molar-refractivity contribution in [3.05, 3.63) is 28.2 Å². The molecule has 0 radical (unpaired) electrons. The molecule has 7 heteroatoms. The van der Waals surface area contributed by atoms with E-state index in [4.69, 9.17) is 23.2 Å². The van der Waals surface area contributed by atoms with Crippen molar-refractivity contribution in [2.75, 3.05) is 13.1 Å². The Labute approximate surface area is 118 Å². The maximum absolute atomic E-state index is 12.0. The van der Waals surface area contributed by atoms with Crippen LogP contribution < -0.4 is 10.0 Å². The highest BCUT2D eigenvalue weighted by molar-refractivity contribution is 7.89. The molecule has 1 aromatic rings. The van der Waals surface area contributed by atoms with Gasteiger partial charge in [0.15, 0.2) is 0 Å². The maximum atomic E-state index is 12.0. The summed E-state index contributed by atoms with van der Waals surface area (Å²) >= 11 is 11.6. The van der Waals surface area contributed by atoms with E-state index >= 15 is 0 Å². The molecule has 0 spiro atoms. The van der Waals surface area contributed by atoms with Crippen molar-refractivity contribution in [3.63, 3.8) is 0 Å². The van der Waals surface area contributed by atoms with Gasteiger partial charge in [0.25, 0.3) is 0 Å². The Morgan fingerprint density at radius 1 is 1.22 bits per heavy atom. The number of benzene rings is 1. The molecule has 1 aromatic carbocycles. The summed E-state index contributed by atoms with van der Waals surface area (Å²) in [5.74, 6) is 0. The van der Waals surface area contributed by atoms with Gasteiger partial charge in [-0.1, -0.05) is 37.0 Å². The predicted octanol–water partition coefficient (Wildman–Crippen LogP) is 2.27. The van der Waals surface area contributed by atoms with Crippen LogP contribution in [0.4, 0.5) is 0 Å². The van der Waals surface area contributed by atoms with Crippen LogP contribution in [0.1, 0.15) is 13.8 Å². The first kappa shape index (κ1) is 15.7. The van der Waals surface area contributed by atoms with Crippen molar-refractivity contribution in [2.24, 2.45) is 0 Å². The molecule has 102 valence electrons. The predicted molar refractivity (Wildman–Crippen MR) is 74.8 cm³/mol. The Balaban J connectivity index is 2.71. The van der Waals surface area contributed by atoms with E-state index in [-0.39, 0.29) is 9.92 Å². The third-order valence-corrected chi connectivity index (χ3v) is 4.33. The third-order valence-electron chi connectivity index (χ3n) is 2.15. The number of sulfonamides is 1. The second kappa shape index (κ2) is 6.73. The summed E-state index contributed by atoms with van der Waals surface area (Å²) in [6, 6.07) is 4.65. The molecule has 0 unspecified atom stereocenters. The Morgan fingerprint density at radius 3 is 2.50 bits per heavy atom. The van der Waals surface area contributed by atoms with Crippen molar-refractivity contribution in [2.45, 2.75) is 24.8 Å². The van der Waals surface area contributed by atoms with Crippen LogP contribution in [0.2, 0.25) is 10.0 Å². The summed E-state index contributed by atoms with van der Waals surface area (Å²) in [6.45, 7) is 4.82. The van der Waals surface area contributed by atoms with Crippen molar-refractivity contribution < 1.29 is 8.42 Å². The van der Waals surface area contributed by atoms with E-state index in [1.807, 2.05) is 13.8 Å². The summed E-state index contributed by atoms with van der Waals surface area (Å²) in [5, 5.41) is 3.60. The van der Waals surface area contributed by atoms with E-state index in [0.29, 0.717) is 24.2 Å². The summed E-state index contributed by atoms with van der Waals surface area (Å²) in [5.41, 5.74) is 0. The molecular formula is C11H16Cl2N2O2S.